The van der Waals surface area contributed by atoms with E-state index in [-0.39, 0.29) is 6.10 Å². The molecule has 0 fully saturated rings. The van der Waals surface area contributed by atoms with Gasteiger partial charge in [-0.2, -0.15) is 0 Å². The maximum absolute atomic E-state index is 6.97. The van der Waals surface area contributed by atoms with Gasteiger partial charge < -0.3 is 0 Å². The first kappa shape index (κ1) is 23.0. The number of aliphatic imine (C=N–C) groups is 1. The Morgan fingerprint density at radius 3 is 1.68 bits per heavy atom. The Morgan fingerprint density at radius 2 is 1.08 bits per heavy atom. The molecule has 0 bridgehead atoms. The molecule has 3 nitrogen and oxygen atoms in total. The monoisotopic (exact) mass is 480 g/mol. The molecular formula is C34H28N2O. The van der Waals surface area contributed by atoms with Crippen LogP contribution in [0.1, 0.15) is 35.3 Å². The van der Waals surface area contributed by atoms with Gasteiger partial charge in [0.1, 0.15) is 6.10 Å². The second kappa shape index (κ2) is 9.88. The van der Waals surface area contributed by atoms with Crippen LogP contribution in [-0.2, 0) is 10.4 Å². The van der Waals surface area contributed by atoms with Crippen LogP contribution in [0.3, 0.4) is 0 Å². The van der Waals surface area contributed by atoms with Crippen molar-refractivity contribution in [1.82, 2.24) is 0 Å². The highest BCUT2D eigenvalue weighted by molar-refractivity contribution is 6.19. The van der Waals surface area contributed by atoms with E-state index in [0.29, 0.717) is 0 Å². The zero-order valence-corrected chi connectivity index (χ0v) is 20.7. The molecular weight excluding hydrogens is 452 g/mol. The molecule has 0 radical (unpaired) electrons. The number of nitrogens with zero attached hydrogens (tertiary/aromatic N) is 2. The molecule has 0 amide bonds. The summed E-state index contributed by atoms with van der Waals surface area (Å²) in [5.41, 5.74) is 6.38. The van der Waals surface area contributed by atoms with Gasteiger partial charge in [-0.05, 0) is 41.8 Å². The number of para-hydroxylation sites is 2. The second-order valence-electron chi connectivity index (χ2n) is 9.21. The minimum atomic E-state index is -0.801. The van der Waals surface area contributed by atoms with Crippen molar-refractivity contribution in [2.45, 2.75) is 18.6 Å². The van der Waals surface area contributed by atoms with Crippen LogP contribution in [0.2, 0.25) is 0 Å². The van der Waals surface area contributed by atoms with E-state index >= 15 is 0 Å². The van der Waals surface area contributed by atoms with E-state index in [0.717, 1.165) is 39.3 Å². The molecule has 5 aromatic carbocycles. The SMILES string of the molecule is CC(ON1c2ccccc2/C(=N/c2ccccc2)C1(c1ccccc1)c1ccccc1)c1ccccc1. The van der Waals surface area contributed by atoms with Crippen molar-refractivity contribution in [3.63, 3.8) is 0 Å². The Kier molecular flexibility index (Phi) is 6.13. The first-order valence-corrected chi connectivity index (χ1v) is 12.6. The summed E-state index contributed by atoms with van der Waals surface area (Å²) >= 11 is 0. The highest BCUT2D eigenvalue weighted by Crippen LogP contribution is 2.51. The maximum atomic E-state index is 6.97. The summed E-state index contributed by atoms with van der Waals surface area (Å²) in [4.78, 5) is 12.3. The second-order valence-corrected chi connectivity index (χ2v) is 9.21. The van der Waals surface area contributed by atoms with Crippen LogP contribution < -0.4 is 5.06 Å². The summed E-state index contributed by atoms with van der Waals surface area (Å²) < 4.78 is 0. The molecule has 6 rings (SSSR count). The number of hydrogen-bond acceptors (Lipinski definition) is 3. The van der Waals surface area contributed by atoms with Crippen LogP contribution in [0.4, 0.5) is 11.4 Å². The van der Waals surface area contributed by atoms with Crippen LogP contribution in [0.15, 0.2) is 151 Å². The van der Waals surface area contributed by atoms with Crippen molar-refractivity contribution in [3.05, 3.63) is 168 Å². The van der Waals surface area contributed by atoms with E-state index < -0.39 is 5.54 Å². The third-order valence-corrected chi connectivity index (χ3v) is 6.94. The standard InChI is InChI=1S/C34H28N2O/c1-26(27-16-6-2-7-17-27)37-36-32-25-15-14-24-31(32)33(35-30-22-12-5-13-23-30)34(36,28-18-8-3-9-19-28)29-20-10-4-11-21-29/h2-26H,1H3/b35-33-. The molecule has 0 saturated carbocycles. The van der Waals surface area contributed by atoms with E-state index in [1.807, 2.05) is 36.4 Å². The van der Waals surface area contributed by atoms with Gasteiger partial charge in [0.05, 0.1) is 17.1 Å². The van der Waals surface area contributed by atoms with E-state index in [1.165, 1.54) is 0 Å². The van der Waals surface area contributed by atoms with Gasteiger partial charge >= 0.3 is 0 Å². The molecule has 1 unspecified atom stereocenters. The molecule has 1 atom stereocenters. The summed E-state index contributed by atoms with van der Waals surface area (Å²) in [6.07, 6.45) is -0.183. The van der Waals surface area contributed by atoms with Crippen molar-refractivity contribution in [2.24, 2.45) is 4.99 Å². The summed E-state index contributed by atoms with van der Waals surface area (Å²) in [5.74, 6) is 0. The molecule has 37 heavy (non-hydrogen) atoms. The van der Waals surface area contributed by atoms with Crippen molar-refractivity contribution >= 4 is 17.1 Å². The van der Waals surface area contributed by atoms with Gasteiger partial charge in [-0.3, -0.25) is 4.84 Å². The highest BCUT2D eigenvalue weighted by Gasteiger charge is 2.53. The molecule has 1 aliphatic heterocycles. The van der Waals surface area contributed by atoms with Gasteiger partial charge in [-0.25, -0.2) is 10.1 Å². The van der Waals surface area contributed by atoms with Crippen molar-refractivity contribution < 1.29 is 4.84 Å². The predicted molar refractivity (Wildman–Crippen MR) is 151 cm³/mol. The Bertz CT molecular complexity index is 1460. The van der Waals surface area contributed by atoms with Gasteiger partial charge in [0.25, 0.3) is 0 Å². The molecule has 0 aliphatic carbocycles. The fourth-order valence-electron chi connectivity index (χ4n) is 5.21. The van der Waals surface area contributed by atoms with Gasteiger partial charge in [0.2, 0.25) is 0 Å². The molecule has 5 aromatic rings. The van der Waals surface area contributed by atoms with Crippen LogP contribution in [0, 0.1) is 0 Å². The fourth-order valence-corrected chi connectivity index (χ4v) is 5.21. The fraction of sp³-hybridized carbons (Fsp3) is 0.0882. The number of hydroxylamine groups is 1. The third kappa shape index (κ3) is 4.04. The maximum Gasteiger partial charge on any atom is 0.160 e. The largest absolute Gasteiger partial charge is 0.264 e. The lowest BCUT2D eigenvalue weighted by Gasteiger charge is -2.41. The van der Waals surface area contributed by atoms with Gasteiger partial charge in [0, 0.05) is 5.56 Å². The summed E-state index contributed by atoms with van der Waals surface area (Å²) in [6, 6.07) is 50.1. The molecule has 0 N–H and O–H groups in total. The zero-order chi connectivity index (χ0) is 25.1. The zero-order valence-electron chi connectivity index (χ0n) is 20.7. The van der Waals surface area contributed by atoms with Crippen LogP contribution in [0.5, 0.6) is 0 Å². The topological polar surface area (TPSA) is 24.8 Å². The minimum absolute atomic E-state index is 0.183. The van der Waals surface area contributed by atoms with Gasteiger partial charge in [-0.15, -0.1) is 0 Å². The Balaban J connectivity index is 1.66. The lowest BCUT2D eigenvalue weighted by atomic mass is 9.78. The Hall–Kier alpha value is -4.47. The predicted octanol–water partition coefficient (Wildman–Crippen LogP) is 8.26. The van der Waals surface area contributed by atoms with Gasteiger partial charge in [-0.1, -0.05) is 127 Å². The number of rotatable bonds is 6. The third-order valence-electron chi connectivity index (χ3n) is 6.94. The lowest BCUT2D eigenvalue weighted by Crippen LogP contribution is -2.49. The highest BCUT2D eigenvalue weighted by atomic mass is 16.7. The summed E-state index contributed by atoms with van der Waals surface area (Å²) in [5, 5.41) is 2.09. The average Bonchev–Trinajstić information content (AvgIpc) is 3.24. The van der Waals surface area contributed by atoms with E-state index in [1.54, 1.807) is 0 Å². The first-order valence-electron chi connectivity index (χ1n) is 12.6. The number of benzene rings is 5. The van der Waals surface area contributed by atoms with Crippen LogP contribution in [-0.4, -0.2) is 5.71 Å². The number of hydrogen-bond donors (Lipinski definition) is 0. The number of fused-ring (bicyclic) bond motifs is 1. The molecule has 1 aliphatic rings. The van der Waals surface area contributed by atoms with Crippen molar-refractivity contribution in [2.75, 3.05) is 5.06 Å². The molecule has 0 aromatic heterocycles. The number of anilines is 1. The van der Waals surface area contributed by atoms with Gasteiger partial charge in [0.15, 0.2) is 5.54 Å². The molecule has 0 spiro atoms. The van der Waals surface area contributed by atoms with Crippen LogP contribution in [0.25, 0.3) is 0 Å². The first-order chi connectivity index (χ1) is 18.3. The lowest BCUT2D eigenvalue weighted by molar-refractivity contribution is 0.0237. The van der Waals surface area contributed by atoms with Crippen molar-refractivity contribution in [3.8, 4) is 0 Å². The van der Waals surface area contributed by atoms with Crippen molar-refractivity contribution in [1.29, 1.82) is 0 Å². The van der Waals surface area contributed by atoms with E-state index in [9.17, 15) is 0 Å². The molecule has 0 saturated heterocycles. The smallest absolute Gasteiger partial charge is 0.160 e. The minimum Gasteiger partial charge on any atom is -0.264 e. The molecule has 1 heterocycles. The quantitative estimate of drug-likeness (QED) is 0.244. The molecule has 3 heteroatoms. The van der Waals surface area contributed by atoms with E-state index in [2.05, 4.69) is 121 Å². The Labute approximate surface area is 218 Å². The summed E-state index contributed by atoms with van der Waals surface area (Å²) in [6.45, 7) is 2.10. The Morgan fingerprint density at radius 1 is 0.595 bits per heavy atom. The normalized spacial score (nSPS) is 15.9. The summed E-state index contributed by atoms with van der Waals surface area (Å²) in [7, 11) is 0. The average molecular weight is 481 g/mol. The van der Waals surface area contributed by atoms with Crippen LogP contribution >= 0.6 is 0 Å². The van der Waals surface area contributed by atoms with E-state index in [4.69, 9.17) is 9.83 Å². The molecule has 180 valence electrons.